The van der Waals surface area contributed by atoms with Gasteiger partial charge in [0.1, 0.15) is 11.6 Å². The Labute approximate surface area is 76.5 Å². The van der Waals surface area contributed by atoms with Crippen molar-refractivity contribution < 1.29 is 9.50 Å². The molecule has 0 radical (unpaired) electrons. The van der Waals surface area contributed by atoms with E-state index in [2.05, 4.69) is 6.58 Å². The molecule has 3 heteroatoms. The Morgan fingerprint density at radius 2 is 2.23 bits per heavy atom. The number of halogens is 1. The summed E-state index contributed by atoms with van der Waals surface area (Å²) in [4.78, 5) is 0. The third-order valence-corrected chi connectivity index (χ3v) is 2.01. The summed E-state index contributed by atoms with van der Waals surface area (Å²) >= 11 is 0. The molecule has 0 aliphatic rings. The summed E-state index contributed by atoms with van der Waals surface area (Å²) < 4.78 is 12.9. The maximum absolute atomic E-state index is 12.9. The van der Waals surface area contributed by atoms with E-state index < -0.39 is 11.9 Å². The van der Waals surface area contributed by atoms with Crippen molar-refractivity contribution in [3.05, 3.63) is 41.7 Å². The summed E-state index contributed by atoms with van der Waals surface area (Å²) in [5.74, 6) is -0.523. The standard InChI is InChI=1S/C10H12FNO/c1-3-9(12)7-4-5-8(11)6(2)10(7)13/h3-5,9,13H,1,12H2,2H3. The number of aromatic hydroxyl groups is 1. The van der Waals surface area contributed by atoms with Crippen LogP contribution in [-0.2, 0) is 0 Å². The second-order valence-corrected chi connectivity index (χ2v) is 2.87. The topological polar surface area (TPSA) is 46.2 Å². The molecule has 0 bridgehead atoms. The molecule has 1 rings (SSSR count). The van der Waals surface area contributed by atoms with Gasteiger partial charge in [-0.1, -0.05) is 12.1 Å². The van der Waals surface area contributed by atoms with E-state index in [0.29, 0.717) is 5.56 Å². The smallest absolute Gasteiger partial charge is 0.129 e. The Morgan fingerprint density at radius 1 is 1.62 bits per heavy atom. The molecule has 0 aliphatic heterocycles. The molecule has 0 aromatic heterocycles. The predicted octanol–water partition coefficient (Wildman–Crippen LogP) is 2.03. The first-order chi connectivity index (χ1) is 6.07. The summed E-state index contributed by atoms with van der Waals surface area (Å²) in [6.07, 6.45) is 1.49. The highest BCUT2D eigenvalue weighted by Gasteiger charge is 2.12. The van der Waals surface area contributed by atoms with Gasteiger partial charge >= 0.3 is 0 Å². The van der Waals surface area contributed by atoms with Crippen molar-refractivity contribution in [1.29, 1.82) is 0 Å². The third-order valence-electron chi connectivity index (χ3n) is 2.01. The maximum atomic E-state index is 12.9. The molecule has 0 fully saturated rings. The van der Waals surface area contributed by atoms with E-state index in [9.17, 15) is 9.50 Å². The number of hydrogen-bond donors (Lipinski definition) is 2. The number of phenolic OH excluding ortho intramolecular Hbond substituents is 1. The summed E-state index contributed by atoms with van der Waals surface area (Å²) in [6.45, 7) is 5.00. The van der Waals surface area contributed by atoms with Gasteiger partial charge in [0.05, 0.1) is 6.04 Å². The van der Waals surface area contributed by atoms with E-state index in [1.54, 1.807) is 0 Å². The minimum Gasteiger partial charge on any atom is -0.507 e. The van der Waals surface area contributed by atoms with Crippen molar-refractivity contribution >= 4 is 0 Å². The number of benzene rings is 1. The van der Waals surface area contributed by atoms with E-state index in [0.717, 1.165) is 0 Å². The molecule has 0 aliphatic carbocycles. The molecule has 70 valence electrons. The van der Waals surface area contributed by atoms with Crippen LogP contribution in [0, 0.1) is 12.7 Å². The van der Waals surface area contributed by atoms with Crippen molar-refractivity contribution in [1.82, 2.24) is 0 Å². The van der Waals surface area contributed by atoms with Gasteiger partial charge in [0.15, 0.2) is 0 Å². The first-order valence-corrected chi connectivity index (χ1v) is 3.94. The van der Waals surface area contributed by atoms with E-state index >= 15 is 0 Å². The van der Waals surface area contributed by atoms with E-state index in [4.69, 9.17) is 5.73 Å². The zero-order valence-corrected chi connectivity index (χ0v) is 7.42. The SMILES string of the molecule is C=CC(N)c1ccc(F)c(C)c1O. The van der Waals surface area contributed by atoms with Gasteiger partial charge in [-0.3, -0.25) is 0 Å². The van der Waals surface area contributed by atoms with Crippen LogP contribution in [0.2, 0.25) is 0 Å². The fraction of sp³-hybridized carbons (Fsp3) is 0.200. The molecule has 0 spiro atoms. The van der Waals surface area contributed by atoms with E-state index in [1.807, 2.05) is 0 Å². The van der Waals surface area contributed by atoms with Gasteiger partial charge < -0.3 is 10.8 Å². The Kier molecular flexibility index (Phi) is 2.68. The molecule has 0 heterocycles. The number of rotatable bonds is 2. The van der Waals surface area contributed by atoms with Crippen LogP contribution in [0.5, 0.6) is 5.75 Å². The molecule has 1 unspecified atom stereocenters. The van der Waals surface area contributed by atoms with Gasteiger partial charge in [0.2, 0.25) is 0 Å². The number of hydrogen-bond acceptors (Lipinski definition) is 2. The number of nitrogens with two attached hydrogens (primary N) is 1. The molecule has 0 saturated heterocycles. The Morgan fingerprint density at radius 3 is 2.77 bits per heavy atom. The first-order valence-electron chi connectivity index (χ1n) is 3.94. The van der Waals surface area contributed by atoms with Crippen molar-refractivity contribution in [3.63, 3.8) is 0 Å². The second kappa shape index (κ2) is 3.58. The molecule has 0 saturated carbocycles. The fourth-order valence-electron chi connectivity index (χ4n) is 1.09. The van der Waals surface area contributed by atoms with Crippen molar-refractivity contribution in [2.24, 2.45) is 5.73 Å². The molecule has 1 aromatic carbocycles. The lowest BCUT2D eigenvalue weighted by atomic mass is 10.0. The van der Waals surface area contributed by atoms with Gasteiger partial charge in [-0.25, -0.2) is 4.39 Å². The lowest BCUT2D eigenvalue weighted by molar-refractivity contribution is 0.453. The zero-order valence-electron chi connectivity index (χ0n) is 7.42. The molecule has 0 amide bonds. The lowest BCUT2D eigenvalue weighted by Crippen LogP contribution is -2.07. The molecule has 1 atom stereocenters. The highest BCUT2D eigenvalue weighted by Crippen LogP contribution is 2.28. The largest absolute Gasteiger partial charge is 0.507 e. The molecule has 2 nitrogen and oxygen atoms in total. The van der Waals surface area contributed by atoms with Crippen LogP contribution < -0.4 is 5.73 Å². The maximum Gasteiger partial charge on any atom is 0.129 e. The monoisotopic (exact) mass is 181 g/mol. The van der Waals surface area contributed by atoms with E-state index in [-0.39, 0.29) is 11.3 Å². The van der Waals surface area contributed by atoms with Crippen LogP contribution in [0.25, 0.3) is 0 Å². The Hall–Kier alpha value is -1.35. The highest BCUT2D eigenvalue weighted by atomic mass is 19.1. The zero-order chi connectivity index (χ0) is 10.0. The summed E-state index contributed by atoms with van der Waals surface area (Å²) in [7, 11) is 0. The normalized spacial score (nSPS) is 12.5. The summed E-state index contributed by atoms with van der Waals surface area (Å²) in [6, 6.07) is 2.29. The van der Waals surface area contributed by atoms with E-state index in [1.165, 1.54) is 25.1 Å². The average Bonchev–Trinajstić information content (AvgIpc) is 2.13. The van der Waals surface area contributed by atoms with Gasteiger partial charge in [-0.15, -0.1) is 6.58 Å². The molecular formula is C10H12FNO. The highest BCUT2D eigenvalue weighted by molar-refractivity contribution is 5.43. The second-order valence-electron chi connectivity index (χ2n) is 2.87. The third kappa shape index (κ3) is 1.70. The summed E-state index contributed by atoms with van der Waals surface area (Å²) in [5, 5.41) is 9.51. The minimum absolute atomic E-state index is 0.0904. The molecule has 1 aromatic rings. The lowest BCUT2D eigenvalue weighted by Gasteiger charge is -2.11. The predicted molar refractivity (Wildman–Crippen MR) is 49.9 cm³/mol. The van der Waals surface area contributed by atoms with Gasteiger partial charge in [-0.2, -0.15) is 0 Å². The quantitative estimate of drug-likeness (QED) is 0.686. The fourth-order valence-corrected chi connectivity index (χ4v) is 1.09. The van der Waals surface area contributed by atoms with Crippen molar-refractivity contribution in [2.45, 2.75) is 13.0 Å². The first kappa shape index (κ1) is 9.74. The minimum atomic E-state index is -0.459. The van der Waals surface area contributed by atoms with Crippen LogP contribution in [-0.4, -0.2) is 5.11 Å². The van der Waals surface area contributed by atoms with Crippen LogP contribution >= 0.6 is 0 Å². The van der Waals surface area contributed by atoms with Crippen LogP contribution in [0.4, 0.5) is 4.39 Å². The van der Waals surface area contributed by atoms with Gasteiger partial charge in [0, 0.05) is 11.1 Å². The van der Waals surface area contributed by atoms with Crippen LogP contribution in [0.15, 0.2) is 24.8 Å². The van der Waals surface area contributed by atoms with Crippen molar-refractivity contribution in [3.8, 4) is 5.75 Å². The van der Waals surface area contributed by atoms with Crippen molar-refractivity contribution in [2.75, 3.05) is 0 Å². The summed E-state index contributed by atoms with van der Waals surface area (Å²) in [5.41, 5.74) is 6.33. The Balaban J connectivity index is 3.25. The average molecular weight is 181 g/mol. The van der Waals surface area contributed by atoms with Crippen LogP contribution in [0.3, 0.4) is 0 Å². The van der Waals surface area contributed by atoms with Gasteiger partial charge in [-0.05, 0) is 13.0 Å². The molecular weight excluding hydrogens is 169 g/mol. The molecule has 13 heavy (non-hydrogen) atoms. The number of phenols is 1. The Bertz CT molecular complexity index is 336. The molecule has 3 N–H and O–H groups in total. The van der Waals surface area contributed by atoms with Gasteiger partial charge in [0.25, 0.3) is 0 Å². The van der Waals surface area contributed by atoms with Crippen LogP contribution in [0.1, 0.15) is 17.2 Å².